The number of aromatic amines is 1. The fraction of sp³-hybridized carbons (Fsp3) is 0.0909. The highest BCUT2D eigenvalue weighted by Crippen LogP contribution is 2.23. The van der Waals surface area contributed by atoms with E-state index in [2.05, 4.69) is 15.3 Å². The second-order valence-electron chi connectivity index (χ2n) is 6.43. The zero-order chi connectivity index (χ0) is 18.8. The molecule has 4 nitrogen and oxygen atoms in total. The second kappa shape index (κ2) is 7.25. The molecule has 4 rings (SSSR count). The van der Waals surface area contributed by atoms with E-state index >= 15 is 0 Å². The molecule has 1 amide bonds. The average molecular weight is 376 g/mol. The Morgan fingerprint density at radius 2 is 1.78 bits per heavy atom. The van der Waals surface area contributed by atoms with Gasteiger partial charge in [-0.15, -0.1) is 0 Å². The van der Waals surface area contributed by atoms with E-state index in [1.54, 1.807) is 0 Å². The molecule has 134 valence electrons. The van der Waals surface area contributed by atoms with Gasteiger partial charge in [0, 0.05) is 16.1 Å². The number of benzene rings is 3. The Labute approximate surface area is 162 Å². The van der Waals surface area contributed by atoms with Crippen LogP contribution in [0.5, 0.6) is 0 Å². The van der Waals surface area contributed by atoms with E-state index in [1.165, 1.54) is 0 Å². The summed E-state index contributed by atoms with van der Waals surface area (Å²) < 4.78 is 0. The summed E-state index contributed by atoms with van der Waals surface area (Å²) in [4.78, 5) is 20.3. The van der Waals surface area contributed by atoms with Crippen molar-refractivity contribution in [3.05, 3.63) is 88.9 Å². The molecule has 0 saturated heterocycles. The van der Waals surface area contributed by atoms with Crippen molar-refractivity contribution in [3.63, 3.8) is 0 Å². The number of rotatable bonds is 4. The van der Waals surface area contributed by atoms with Crippen LogP contribution < -0.4 is 5.32 Å². The lowest BCUT2D eigenvalue weighted by Crippen LogP contribution is -2.26. The van der Waals surface area contributed by atoms with Crippen LogP contribution in [0.3, 0.4) is 0 Å². The van der Waals surface area contributed by atoms with Gasteiger partial charge in [-0.25, -0.2) is 4.98 Å². The number of aromatic nitrogens is 2. The van der Waals surface area contributed by atoms with Gasteiger partial charge >= 0.3 is 0 Å². The van der Waals surface area contributed by atoms with Gasteiger partial charge in [-0.1, -0.05) is 54.1 Å². The smallest absolute Gasteiger partial charge is 0.251 e. The molecule has 0 spiro atoms. The molecular weight excluding hydrogens is 358 g/mol. The number of nitrogens with one attached hydrogen (secondary N) is 2. The lowest BCUT2D eigenvalue weighted by molar-refractivity contribution is 0.0940. The summed E-state index contributed by atoms with van der Waals surface area (Å²) in [7, 11) is 0. The summed E-state index contributed by atoms with van der Waals surface area (Å²) in [5, 5.41) is 3.69. The van der Waals surface area contributed by atoms with Crippen molar-refractivity contribution in [2.45, 2.75) is 13.0 Å². The maximum Gasteiger partial charge on any atom is 0.251 e. The summed E-state index contributed by atoms with van der Waals surface area (Å²) >= 11 is 6.02. The maximum absolute atomic E-state index is 12.5. The maximum atomic E-state index is 12.5. The lowest BCUT2D eigenvalue weighted by Gasteiger charge is -2.14. The molecule has 0 aliphatic heterocycles. The van der Waals surface area contributed by atoms with Gasteiger partial charge in [-0.2, -0.15) is 0 Å². The monoisotopic (exact) mass is 375 g/mol. The van der Waals surface area contributed by atoms with E-state index in [9.17, 15) is 4.79 Å². The van der Waals surface area contributed by atoms with Gasteiger partial charge in [-0.3, -0.25) is 4.79 Å². The number of hydrogen-bond donors (Lipinski definition) is 2. The summed E-state index contributed by atoms with van der Waals surface area (Å²) in [6.07, 6.45) is 0. The van der Waals surface area contributed by atoms with Gasteiger partial charge in [-0.05, 0) is 42.8 Å². The number of carbonyl (C=O) groups is 1. The van der Waals surface area contributed by atoms with Gasteiger partial charge < -0.3 is 10.3 Å². The van der Waals surface area contributed by atoms with Crippen LogP contribution in [0.2, 0.25) is 5.02 Å². The molecule has 1 unspecified atom stereocenters. The van der Waals surface area contributed by atoms with Crippen LogP contribution in [0.1, 0.15) is 28.9 Å². The Balaban J connectivity index is 1.51. The number of amides is 1. The van der Waals surface area contributed by atoms with E-state index in [0.717, 1.165) is 28.0 Å². The topological polar surface area (TPSA) is 57.8 Å². The number of carbonyl (C=O) groups excluding carboxylic acids is 1. The SMILES string of the molecule is CC(NC(=O)c1ccc(-c2nc3ccc(Cl)cc3[nH]2)cc1)c1ccccc1. The van der Waals surface area contributed by atoms with Crippen LogP contribution in [0.25, 0.3) is 22.4 Å². The van der Waals surface area contributed by atoms with Crippen molar-refractivity contribution in [1.82, 2.24) is 15.3 Å². The number of imidazole rings is 1. The summed E-state index contributed by atoms with van der Waals surface area (Å²) in [5.74, 6) is 0.645. The first-order valence-electron chi connectivity index (χ1n) is 8.72. The third-order valence-corrected chi connectivity index (χ3v) is 4.75. The van der Waals surface area contributed by atoms with Crippen LogP contribution in [-0.2, 0) is 0 Å². The Bertz CT molecular complexity index is 1090. The van der Waals surface area contributed by atoms with Gasteiger partial charge in [0.25, 0.3) is 5.91 Å². The highest BCUT2D eigenvalue weighted by atomic mass is 35.5. The largest absolute Gasteiger partial charge is 0.346 e. The number of H-pyrrole nitrogens is 1. The van der Waals surface area contributed by atoms with Crippen LogP contribution >= 0.6 is 11.6 Å². The minimum absolute atomic E-state index is 0.0569. The van der Waals surface area contributed by atoms with Crippen LogP contribution in [0.4, 0.5) is 0 Å². The standard InChI is InChI=1S/C22H18ClN3O/c1-14(15-5-3-2-4-6-15)24-22(27)17-9-7-16(8-10-17)21-25-19-12-11-18(23)13-20(19)26-21/h2-14H,1H3,(H,24,27)(H,25,26). The van der Waals surface area contributed by atoms with Crippen molar-refractivity contribution in [2.24, 2.45) is 0 Å². The molecule has 0 radical (unpaired) electrons. The van der Waals surface area contributed by atoms with Crippen LogP contribution in [-0.4, -0.2) is 15.9 Å². The first-order chi connectivity index (χ1) is 13.1. The van der Waals surface area contributed by atoms with E-state index in [4.69, 9.17) is 11.6 Å². The molecule has 0 saturated carbocycles. The molecule has 0 aliphatic carbocycles. The molecule has 1 heterocycles. The van der Waals surface area contributed by atoms with Crippen LogP contribution in [0, 0.1) is 0 Å². The number of nitrogens with zero attached hydrogens (tertiary/aromatic N) is 1. The zero-order valence-electron chi connectivity index (χ0n) is 14.7. The Morgan fingerprint density at radius 1 is 1.04 bits per heavy atom. The number of halogens is 1. The molecule has 0 fully saturated rings. The van der Waals surface area contributed by atoms with Gasteiger partial charge in [0.05, 0.1) is 17.1 Å². The minimum Gasteiger partial charge on any atom is -0.346 e. The van der Waals surface area contributed by atoms with E-state index < -0.39 is 0 Å². The fourth-order valence-electron chi connectivity index (χ4n) is 3.00. The van der Waals surface area contributed by atoms with E-state index in [1.807, 2.05) is 79.7 Å². The normalized spacial score (nSPS) is 12.1. The minimum atomic E-state index is -0.103. The molecule has 3 aromatic carbocycles. The number of hydrogen-bond acceptors (Lipinski definition) is 2. The highest BCUT2D eigenvalue weighted by molar-refractivity contribution is 6.31. The Kier molecular flexibility index (Phi) is 4.65. The molecule has 1 atom stereocenters. The van der Waals surface area contributed by atoms with Crippen molar-refractivity contribution in [1.29, 1.82) is 0 Å². The Morgan fingerprint density at radius 3 is 2.52 bits per heavy atom. The van der Waals surface area contributed by atoms with Crippen molar-refractivity contribution < 1.29 is 4.79 Å². The highest BCUT2D eigenvalue weighted by Gasteiger charge is 2.12. The van der Waals surface area contributed by atoms with Gasteiger partial charge in [0.15, 0.2) is 0 Å². The first kappa shape index (κ1) is 17.3. The third kappa shape index (κ3) is 3.71. The first-order valence-corrected chi connectivity index (χ1v) is 9.09. The second-order valence-corrected chi connectivity index (χ2v) is 6.87. The molecule has 1 aromatic heterocycles. The summed E-state index contributed by atoms with van der Waals surface area (Å²) in [5.41, 5.74) is 4.34. The molecule has 4 aromatic rings. The van der Waals surface area contributed by atoms with Crippen molar-refractivity contribution in [2.75, 3.05) is 0 Å². The lowest BCUT2D eigenvalue weighted by atomic mass is 10.1. The van der Waals surface area contributed by atoms with E-state index in [0.29, 0.717) is 10.6 Å². The van der Waals surface area contributed by atoms with Crippen molar-refractivity contribution in [3.8, 4) is 11.4 Å². The Hall–Kier alpha value is -3.11. The molecule has 27 heavy (non-hydrogen) atoms. The van der Waals surface area contributed by atoms with Gasteiger partial charge in [0.1, 0.15) is 5.82 Å². The molecule has 0 bridgehead atoms. The fourth-order valence-corrected chi connectivity index (χ4v) is 3.18. The van der Waals surface area contributed by atoms with E-state index in [-0.39, 0.29) is 11.9 Å². The van der Waals surface area contributed by atoms with Crippen LogP contribution in [0.15, 0.2) is 72.8 Å². The summed E-state index contributed by atoms with van der Waals surface area (Å²) in [6.45, 7) is 1.97. The quantitative estimate of drug-likeness (QED) is 0.503. The van der Waals surface area contributed by atoms with Gasteiger partial charge in [0.2, 0.25) is 0 Å². The zero-order valence-corrected chi connectivity index (χ0v) is 15.5. The predicted molar refractivity (Wildman–Crippen MR) is 109 cm³/mol. The summed E-state index contributed by atoms with van der Waals surface area (Å²) in [6, 6.07) is 22.8. The average Bonchev–Trinajstić information content (AvgIpc) is 3.12. The molecule has 5 heteroatoms. The predicted octanol–water partition coefficient (Wildman–Crippen LogP) is 5.37. The third-order valence-electron chi connectivity index (χ3n) is 4.51. The van der Waals surface area contributed by atoms with Crippen molar-refractivity contribution >= 4 is 28.5 Å². The molecule has 2 N–H and O–H groups in total. The molecule has 0 aliphatic rings. The number of fused-ring (bicyclic) bond motifs is 1. The molecular formula is C22H18ClN3O.